The number of allylic oxidation sites excluding steroid dienone is 2. The van der Waals surface area contributed by atoms with Gasteiger partial charge in [-0.2, -0.15) is 0 Å². The van der Waals surface area contributed by atoms with E-state index in [0.717, 1.165) is 25.1 Å². The molecule has 0 bridgehead atoms. The van der Waals surface area contributed by atoms with Crippen molar-refractivity contribution in [2.45, 2.75) is 136 Å². The highest BCUT2D eigenvalue weighted by molar-refractivity contribution is 5.81. The van der Waals surface area contributed by atoms with Crippen LogP contribution in [0.1, 0.15) is 129 Å². The van der Waals surface area contributed by atoms with E-state index in [1.54, 1.807) is 12.4 Å². The third-order valence-corrected chi connectivity index (χ3v) is 6.83. The Bertz CT molecular complexity index is 598. The van der Waals surface area contributed by atoms with E-state index >= 15 is 0 Å². The van der Waals surface area contributed by atoms with Gasteiger partial charge >= 0.3 is 0 Å². The summed E-state index contributed by atoms with van der Waals surface area (Å²) in [7, 11) is 0. The zero-order valence-corrected chi connectivity index (χ0v) is 21.6. The average Bonchev–Trinajstić information content (AvgIpc) is 3.18. The van der Waals surface area contributed by atoms with E-state index in [1.165, 1.54) is 96.3 Å². The summed E-state index contributed by atoms with van der Waals surface area (Å²) in [5, 5.41) is 11.2. The number of aliphatic imine (C=N–C) groups is 1. The number of rotatable bonds is 22. The second-order valence-electron chi connectivity index (χ2n) is 9.79. The number of carbonyl (C=O) groups excluding carboxylic acids is 1. The van der Waals surface area contributed by atoms with Crippen LogP contribution in [-0.2, 0) is 4.79 Å². The smallest absolute Gasteiger partial charge is 0.209 e. The number of amidine groups is 1. The molecule has 5 heteroatoms. The Kier molecular flexibility index (Phi) is 16.9. The molecule has 0 amide bonds. The van der Waals surface area contributed by atoms with Crippen LogP contribution in [0.5, 0.6) is 0 Å². The second kappa shape index (κ2) is 18.9. The molecule has 2 unspecified atom stereocenters. The Morgan fingerprint density at radius 3 is 1.88 bits per heavy atom. The monoisotopic (exact) mass is 461 g/mol. The van der Waals surface area contributed by atoms with Crippen molar-refractivity contribution in [3.8, 4) is 0 Å². The van der Waals surface area contributed by atoms with Crippen LogP contribution in [0.25, 0.3) is 0 Å². The van der Waals surface area contributed by atoms with Gasteiger partial charge in [0.1, 0.15) is 18.9 Å². The fraction of sp³-hybridized carbons (Fsp3) is 0.786. The first-order valence-electron chi connectivity index (χ1n) is 13.8. The Morgan fingerprint density at radius 1 is 0.909 bits per heavy atom. The van der Waals surface area contributed by atoms with Crippen molar-refractivity contribution in [1.82, 2.24) is 0 Å². The minimum atomic E-state index is -1.10. The highest BCUT2D eigenvalue weighted by Gasteiger charge is 2.38. The molecule has 0 radical (unpaired) electrons. The molecule has 0 spiro atoms. The van der Waals surface area contributed by atoms with Crippen LogP contribution in [0.2, 0.25) is 0 Å². The molecule has 1 aliphatic rings. The summed E-state index contributed by atoms with van der Waals surface area (Å²) in [4.78, 5) is 15.6. The number of carboxylic acid groups (broad SMARTS) is 1. The molecule has 0 saturated carbocycles. The lowest BCUT2D eigenvalue weighted by Gasteiger charge is -2.36. The third-order valence-electron chi connectivity index (χ3n) is 6.83. The standard InChI is InChI=1S/C28H51N3O2/c1-3-4-5-6-7-8-9-10-11-12-13-14-15-16-17-18-19-20-21-22-27-30-23-24-31(27,26(2)29)25-28(32)33/h19-20,23-24,26H,3-18,21-22,25,29H2,1-2H3/b20-19+. The van der Waals surface area contributed by atoms with Crippen molar-refractivity contribution >= 4 is 11.8 Å². The molecular formula is C28H51N3O2. The molecule has 0 aromatic rings. The second-order valence-corrected chi connectivity index (χ2v) is 9.79. The normalized spacial score (nSPS) is 18.8. The molecule has 0 aliphatic carbocycles. The maximum absolute atomic E-state index is 11.2. The number of nitrogens with zero attached hydrogens (tertiary/aromatic N) is 2. The summed E-state index contributed by atoms with van der Waals surface area (Å²) >= 11 is 0. The first kappa shape index (κ1) is 29.6. The Hall–Kier alpha value is -1.46. The largest absolute Gasteiger partial charge is 0.544 e. The summed E-state index contributed by atoms with van der Waals surface area (Å²) in [6.07, 6.45) is 31.1. The molecular weight excluding hydrogens is 410 g/mol. The number of carbonyl (C=O) groups is 1. The van der Waals surface area contributed by atoms with Crippen molar-refractivity contribution in [2.75, 3.05) is 6.54 Å². The first-order valence-corrected chi connectivity index (χ1v) is 13.8. The van der Waals surface area contributed by atoms with Crippen molar-refractivity contribution in [3.05, 3.63) is 24.6 Å². The lowest BCUT2D eigenvalue weighted by molar-refractivity contribution is -0.808. The molecule has 190 valence electrons. The molecule has 1 aliphatic heterocycles. The van der Waals surface area contributed by atoms with E-state index in [1.807, 2.05) is 6.92 Å². The van der Waals surface area contributed by atoms with Crippen LogP contribution in [0.4, 0.5) is 0 Å². The van der Waals surface area contributed by atoms with Crippen LogP contribution in [0.3, 0.4) is 0 Å². The van der Waals surface area contributed by atoms with E-state index in [2.05, 4.69) is 24.1 Å². The molecule has 1 heterocycles. The van der Waals surface area contributed by atoms with Gasteiger partial charge in [-0.15, -0.1) is 0 Å². The van der Waals surface area contributed by atoms with Gasteiger partial charge in [0.25, 0.3) is 0 Å². The van der Waals surface area contributed by atoms with Crippen molar-refractivity contribution in [2.24, 2.45) is 10.7 Å². The quantitative estimate of drug-likeness (QED) is 0.116. The molecule has 0 fully saturated rings. The van der Waals surface area contributed by atoms with Gasteiger partial charge in [0.05, 0.1) is 12.2 Å². The number of carboxylic acids is 1. The van der Waals surface area contributed by atoms with Crippen molar-refractivity contribution < 1.29 is 14.4 Å². The number of unbranched alkanes of at least 4 members (excludes halogenated alkanes) is 15. The van der Waals surface area contributed by atoms with Gasteiger partial charge in [-0.05, 0) is 19.3 Å². The molecule has 0 saturated heterocycles. The van der Waals surface area contributed by atoms with E-state index < -0.39 is 5.97 Å². The fourth-order valence-electron chi connectivity index (χ4n) is 4.66. The maximum atomic E-state index is 11.2. The summed E-state index contributed by atoms with van der Waals surface area (Å²) in [6, 6.07) is 0. The number of hydrogen-bond donors (Lipinski definition) is 1. The SMILES string of the molecule is CCCCCCCCCCCCCCCCC/C=C/CCC1=NC=C[N+]1(CC(=O)[O-])C(C)N. The predicted octanol–water partition coefficient (Wildman–Crippen LogP) is 6.34. The van der Waals surface area contributed by atoms with Crippen molar-refractivity contribution in [3.63, 3.8) is 0 Å². The van der Waals surface area contributed by atoms with E-state index in [0.29, 0.717) is 0 Å². The highest BCUT2D eigenvalue weighted by Crippen LogP contribution is 2.22. The summed E-state index contributed by atoms with van der Waals surface area (Å²) in [5.41, 5.74) is 6.08. The number of aliphatic carboxylic acids is 1. The summed E-state index contributed by atoms with van der Waals surface area (Å²) < 4.78 is 0.0786. The van der Waals surface area contributed by atoms with Gasteiger partial charge in [-0.3, -0.25) is 5.73 Å². The van der Waals surface area contributed by atoms with E-state index in [4.69, 9.17) is 5.73 Å². The number of hydrogen-bond acceptors (Lipinski definition) is 4. The van der Waals surface area contributed by atoms with Gasteiger partial charge in [-0.25, -0.2) is 9.48 Å². The lowest BCUT2D eigenvalue weighted by atomic mass is 10.0. The highest BCUT2D eigenvalue weighted by atomic mass is 16.4. The molecule has 33 heavy (non-hydrogen) atoms. The van der Waals surface area contributed by atoms with Gasteiger partial charge < -0.3 is 9.90 Å². The summed E-state index contributed by atoms with van der Waals surface area (Å²) in [5.74, 6) is -0.291. The maximum Gasteiger partial charge on any atom is 0.209 e. The number of nitrogens with two attached hydrogens (primary N) is 1. The van der Waals surface area contributed by atoms with Crippen LogP contribution in [0, 0.1) is 0 Å². The zero-order chi connectivity index (χ0) is 24.2. The molecule has 2 atom stereocenters. The molecule has 1 rings (SSSR count). The van der Waals surface area contributed by atoms with Gasteiger partial charge in [0.15, 0.2) is 0 Å². The molecule has 2 N–H and O–H groups in total. The Morgan fingerprint density at radius 2 is 1.39 bits per heavy atom. The van der Waals surface area contributed by atoms with Gasteiger partial charge in [0, 0.05) is 13.3 Å². The average molecular weight is 462 g/mol. The molecule has 0 aromatic heterocycles. The van der Waals surface area contributed by atoms with Crippen molar-refractivity contribution in [1.29, 1.82) is 0 Å². The minimum absolute atomic E-state index is 0.0786. The van der Waals surface area contributed by atoms with Crippen LogP contribution >= 0.6 is 0 Å². The van der Waals surface area contributed by atoms with Gasteiger partial charge in [0.2, 0.25) is 5.84 Å². The Labute approximate surface area is 203 Å². The topological polar surface area (TPSA) is 78.5 Å². The van der Waals surface area contributed by atoms with E-state index in [9.17, 15) is 9.90 Å². The minimum Gasteiger partial charge on any atom is -0.544 e. The zero-order valence-electron chi connectivity index (χ0n) is 21.6. The summed E-state index contributed by atoms with van der Waals surface area (Å²) in [6.45, 7) is 3.94. The fourth-order valence-corrected chi connectivity index (χ4v) is 4.66. The van der Waals surface area contributed by atoms with Gasteiger partial charge in [-0.1, -0.05) is 109 Å². The van der Waals surface area contributed by atoms with Crippen LogP contribution < -0.4 is 10.8 Å². The third kappa shape index (κ3) is 13.1. The molecule has 0 aromatic carbocycles. The predicted molar refractivity (Wildman–Crippen MR) is 138 cm³/mol. The first-order chi connectivity index (χ1) is 16.0. The van der Waals surface area contributed by atoms with Crippen LogP contribution in [-0.4, -0.2) is 29.0 Å². The van der Waals surface area contributed by atoms with E-state index in [-0.39, 0.29) is 17.2 Å². The number of quaternary nitrogens is 1. The Balaban J connectivity index is 1.95. The van der Waals surface area contributed by atoms with Crippen LogP contribution in [0.15, 0.2) is 29.5 Å². The lowest BCUT2D eigenvalue weighted by Crippen LogP contribution is -2.60. The molecule has 5 nitrogen and oxygen atoms in total.